The van der Waals surface area contributed by atoms with Crippen LogP contribution in [0.2, 0.25) is 0 Å². The monoisotopic (exact) mass is 208 g/mol. The molecule has 0 unspecified atom stereocenters. The molecule has 3 fully saturated rings. The van der Waals surface area contributed by atoms with E-state index in [-0.39, 0.29) is 23.2 Å². The van der Waals surface area contributed by atoms with Gasteiger partial charge >= 0.3 is 0 Å². The van der Waals surface area contributed by atoms with Gasteiger partial charge < -0.3 is 9.84 Å². The highest BCUT2D eigenvalue weighted by molar-refractivity contribution is 5.24. The van der Waals surface area contributed by atoms with Gasteiger partial charge in [0.05, 0.1) is 12.2 Å². The van der Waals surface area contributed by atoms with E-state index in [1.54, 1.807) is 0 Å². The minimum Gasteiger partial charge on any atom is -0.390 e. The Morgan fingerprint density at radius 3 is 2.93 bits per heavy atom. The fourth-order valence-corrected chi connectivity index (χ4v) is 3.96. The van der Waals surface area contributed by atoms with E-state index in [1.807, 2.05) is 0 Å². The zero-order valence-electron chi connectivity index (χ0n) is 9.57. The number of rotatable bonds is 1. The summed E-state index contributed by atoms with van der Waals surface area (Å²) in [5, 5.41) is 10.3. The number of hydrogen-bond acceptors (Lipinski definition) is 2. The summed E-state index contributed by atoms with van der Waals surface area (Å²) >= 11 is 0. The van der Waals surface area contributed by atoms with E-state index in [2.05, 4.69) is 26.5 Å². The van der Waals surface area contributed by atoms with E-state index < -0.39 is 0 Å². The maximum absolute atomic E-state index is 10.3. The lowest BCUT2D eigenvalue weighted by molar-refractivity contribution is -0.0386. The predicted octanol–water partition coefficient (Wildman–Crippen LogP) is 2.13. The highest BCUT2D eigenvalue weighted by atomic mass is 16.6. The Morgan fingerprint density at radius 1 is 1.53 bits per heavy atom. The Morgan fingerprint density at radius 2 is 2.27 bits per heavy atom. The molecule has 0 aromatic rings. The molecule has 0 spiro atoms. The molecule has 2 bridgehead atoms. The summed E-state index contributed by atoms with van der Waals surface area (Å²) < 4.78 is 5.81. The van der Waals surface area contributed by atoms with Crippen LogP contribution in [0, 0.1) is 17.3 Å². The van der Waals surface area contributed by atoms with E-state index in [1.165, 1.54) is 12.8 Å². The van der Waals surface area contributed by atoms with Gasteiger partial charge in [0.2, 0.25) is 0 Å². The zero-order valence-corrected chi connectivity index (χ0v) is 9.57. The Hall–Kier alpha value is -0.340. The summed E-state index contributed by atoms with van der Waals surface area (Å²) in [5.74, 6) is 1.02. The summed E-state index contributed by atoms with van der Waals surface area (Å²) in [7, 11) is 0. The van der Waals surface area contributed by atoms with Crippen LogP contribution in [0.15, 0.2) is 12.7 Å². The Balaban J connectivity index is 2.00. The van der Waals surface area contributed by atoms with E-state index in [0.29, 0.717) is 11.8 Å². The first-order valence-electron chi connectivity index (χ1n) is 6.03. The second kappa shape index (κ2) is 2.67. The second-order valence-corrected chi connectivity index (χ2v) is 5.95. The topological polar surface area (TPSA) is 32.8 Å². The second-order valence-electron chi connectivity index (χ2n) is 5.95. The average Bonchev–Trinajstić information content (AvgIpc) is 2.93. The summed E-state index contributed by atoms with van der Waals surface area (Å²) in [6, 6.07) is 0. The number of ether oxygens (including phenoxy) is 1. The fourth-order valence-electron chi connectivity index (χ4n) is 3.96. The molecule has 1 N–H and O–H groups in total. The molecule has 0 aromatic heterocycles. The van der Waals surface area contributed by atoms with Crippen molar-refractivity contribution in [1.82, 2.24) is 0 Å². The molecule has 1 aliphatic heterocycles. The molecule has 2 heteroatoms. The van der Waals surface area contributed by atoms with Crippen LogP contribution < -0.4 is 0 Å². The first kappa shape index (κ1) is 9.86. The van der Waals surface area contributed by atoms with E-state index in [0.717, 1.165) is 6.42 Å². The van der Waals surface area contributed by atoms with Gasteiger partial charge in [-0.25, -0.2) is 0 Å². The van der Waals surface area contributed by atoms with Gasteiger partial charge in [-0.3, -0.25) is 0 Å². The van der Waals surface area contributed by atoms with Crippen molar-refractivity contribution in [2.24, 2.45) is 17.3 Å². The Bertz CT molecular complexity index is 314. The molecule has 0 aromatic carbocycles. The van der Waals surface area contributed by atoms with Crippen LogP contribution in [-0.2, 0) is 4.74 Å². The summed E-state index contributed by atoms with van der Waals surface area (Å²) in [6.45, 7) is 8.31. The first-order valence-corrected chi connectivity index (χ1v) is 6.03. The zero-order chi connectivity index (χ0) is 10.8. The first-order chi connectivity index (χ1) is 7.03. The maximum atomic E-state index is 10.3. The molecule has 84 valence electrons. The van der Waals surface area contributed by atoms with Crippen molar-refractivity contribution in [2.75, 3.05) is 0 Å². The molecule has 1 heterocycles. The largest absolute Gasteiger partial charge is 0.390 e. The molecule has 0 amide bonds. The van der Waals surface area contributed by atoms with Crippen LogP contribution in [0.1, 0.15) is 33.1 Å². The molecular formula is C13H20O2. The Labute approximate surface area is 91.3 Å². The highest BCUT2D eigenvalue weighted by Crippen LogP contribution is 2.64. The van der Waals surface area contributed by atoms with Crippen molar-refractivity contribution in [1.29, 1.82) is 0 Å². The average molecular weight is 208 g/mol. The number of hydrogen-bond donors (Lipinski definition) is 1. The molecular weight excluding hydrogens is 188 g/mol. The molecule has 0 radical (unpaired) electrons. The van der Waals surface area contributed by atoms with Gasteiger partial charge in [-0.1, -0.05) is 13.0 Å². The maximum Gasteiger partial charge on any atom is 0.119 e. The predicted molar refractivity (Wildman–Crippen MR) is 58.4 cm³/mol. The summed E-state index contributed by atoms with van der Waals surface area (Å²) in [4.78, 5) is 0. The van der Waals surface area contributed by atoms with E-state index in [9.17, 15) is 5.11 Å². The normalized spacial score (nSPS) is 62.1. The van der Waals surface area contributed by atoms with Crippen LogP contribution in [0.4, 0.5) is 0 Å². The van der Waals surface area contributed by atoms with Gasteiger partial charge in [0.25, 0.3) is 0 Å². The van der Waals surface area contributed by atoms with Gasteiger partial charge in [0.15, 0.2) is 0 Å². The third kappa shape index (κ3) is 1.02. The minimum absolute atomic E-state index is 0.158. The van der Waals surface area contributed by atoms with E-state index >= 15 is 0 Å². The number of aliphatic hydroxyl groups is 1. The van der Waals surface area contributed by atoms with E-state index in [4.69, 9.17) is 4.74 Å². The minimum atomic E-state index is -0.272. The number of aliphatic hydroxyl groups excluding tert-OH is 1. The van der Waals surface area contributed by atoms with Crippen LogP contribution in [-0.4, -0.2) is 22.9 Å². The standard InChI is InChI=1S/C13H20O2/c1-4-13-6-5-8(2)9(7-13)10(14)12(3)11(13)15-12/h4,8-11,14H,1,5-7H2,2-3H3/t8-,9+,10+,11-,12-,13-/m1/s1. The molecule has 6 atom stereocenters. The SMILES string of the molecule is C=C[C@@]12CC[C@@H](C)[C@H](C1)[C@H](O)[C@@]1(C)O[C@@H]21. The molecule has 2 nitrogen and oxygen atoms in total. The highest BCUT2D eigenvalue weighted by Gasteiger charge is 2.71. The van der Waals surface area contributed by atoms with Gasteiger partial charge in [-0.15, -0.1) is 6.58 Å². The molecule has 3 aliphatic rings. The lowest BCUT2D eigenvalue weighted by atomic mass is 9.55. The quantitative estimate of drug-likeness (QED) is 0.529. The lowest BCUT2D eigenvalue weighted by Crippen LogP contribution is -2.52. The van der Waals surface area contributed by atoms with Crippen molar-refractivity contribution in [3.63, 3.8) is 0 Å². The number of epoxide rings is 1. The van der Waals surface area contributed by atoms with Crippen LogP contribution in [0.25, 0.3) is 0 Å². The molecule has 1 saturated heterocycles. The number of fused-ring (bicyclic) bond motifs is 4. The van der Waals surface area contributed by atoms with Crippen LogP contribution in [0.5, 0.6) is 0 Å². The van der Waals surface area contributed by atoms with Crippen molar-refractivity contribution < 1.29 is 9.84 Å². The van der Waals surface area contributed by atoms with Gasteiger partial charge in [-0.05, 0) is 38.0 Å². The molecule has 2 aliphatic carbocycles. The fraction of sp³-hybridized carbons (Fsp3) is 0.846. The molecule has 3 rings (SSSR count). The molecule has 15 heavy (non-hydrogen) atoms. The van der Waals surface area contributed by atoms with Crippen LogP contribution >= 0.6 is 0 Å². The smallest absolute Gasteiger partial charge is 0.119 e. The molecule has 2 saturated carbocycles. The van der Waals surface area contributed by atoms with Crippen molar-refractivity contribution in [3.8, 4) is 0 Å². The van der Waals surface area contributed by atoms with Crippen molar-refractivity contribution in [2.45, 2.75) is 50.9 Å². The lowest BCUT2D eigenvalue weighted by Gasteiger charge is -2.48. The Kier molecular flexibility index (Phi) is 1.75. The van der Waals surface area contributed by atoms with Gasteiger partial charge in [-0.2, -0.15) is 0 Å². The summed E-state index contributed by atoms with van der Waals surface area (Å²) in [5.41, 5.74) is -0.114. The third-order valence-electron chi connectivity index (χ3n) is 5.17. The van der Waals surface area contributed by atoms with Gasteiger partial charge in [0, 0.05) is 5.41 Å². The van der Waals surface area contributed by atoms with Crippen LogP contribution in [0.3, 0.4) is 0 Å². The van der Waals surface area contributed by atoms with Crippen molar-refractivity contribution in [3.05, 3.63) is 12.7 Å². The van der Waals surface area contributed by atoms with Gasteiger partial charge in [0.1, 0.15) is 5.60 Å². The van der Waals surface area contributed by atoms with Crippen molar-refractivity contribution >= 4 is 0 Å². The third-order valence-corrected chi connectivity index (χ3v) is 5.17. The summed E-state index contributed by atoms with van der Waals surface area (Å²) in [6.07, 6.45) is 5.49.